The second kappa shape index (κ2) is 11.7. The van der Waals surface area contributed by atoms with E-state index in [0.717, 1.165) is 22.4 Å². The van der Waals surface area contributed by atoms with Crippen LogP contribution in [0.1, 0.15) is 23.6 Å². The Morgan fingerprint density at radius 3 is 2.12 bits per heavy atom. The molecule has 0 fully saturated rings. The first-order chi connectivity index (χ1) is 15.6. The molecular weight excluding hydrogens is 400 g/mol. The monoisotopic (exact) mass is 430 g/mol. The number of nitrogens with one attached hydrogen (secondary N) is 1. The molecule has 0 saturated heterocycles. The summed E-state index contributed by atoms with van der Waals surface area (Å²) in [7, 11) is 1.62. The fourth-order valence-electron chi connectivity index (χ4n) is 3.69. The van der Waals surface area contributed by atoms with E-state index in [9.17, 15) is 9.59 Å². The number of carbonyl (C=O) groups is 2. The van der Waals surface area contributed by atoms with Crippen LogP contribution in [0.5, 0.6) is 5.75 Å². The zero-order chi connectivity index (χ0) is 22.8. The van der Waals surface area contributed by atoms with Gasteiger partial charge in [-0.15, -0.1) is 0 Å². The topological polar surface area (TPSA) is 58.6 Å². The van der Waals surface area contributed by atoms with E-state index in [1.54, 1.807) is 12.0 Å². The predicted molar refractivity (Wildman–Crippen MR) is 126 cm³/mol. The number of rotatable bonds is 10. The molecule has 1 N–H and O–H groups in total. The fraction of sp³-hybridized carbons (Fsp3) is 0.259. The molecule has 3 rings (SSSR count). The summed E-state index contributed by atoms with van der Waals surface area (Å²) < 4.78 is 5.35. The van der Waals surface area contributed by atoms with Crippen molar-refractivity contribution in [2.24, 2.45) is 0 Å². The van der Waals surface area contributed by atoms with Crippen LogP contribution in [0.15, 0.2) is 84.9 Å². The summed E-state index contributed by atoms with van der Waals surface area (Å²) in [4.78, 5) is 28.4. The number of amides is 2. The smallest absolute Gasteiger partial charge is 0.243 e. The lowest BCUT2D eigenvalue weighted by atomic mass is 10.0. The molecule has 0 aliphatic heterocycles. The molecule has 3 aromatic carbocycles. The molecule has 5 nitrogen and oxygen atoms in total. The quantitative estimate of drug-likeness (QED) is 0.529. The van der Waals surface area contributed by atoms with E-state index in [4.69, 9.17) is 4.74 Å². The van der Waals surface area contributed by atoms with Gasteiger partial charge in [0, 0.05) is 19.5 Å². The van der Waals surface area contributed by atoms with Crippen LogP contribution in [0, 0.1) is 0 Å². The molecule has 5 heteroatoms. The summed E-state index contributed by atoms with van der Waals surface area (Å²) in [6.07, 6.45) is 0.673. The highest BCUT2D eigenvalue weighted by atomic mass is 16.5. The number of carbonyl (C=O) groups excluding carboxylic acids is 2. The molecule has 1 atom stereocenters. The molecule has 32 heavy (non-hydrogen) atoms. The summed E-state index contributed by atoms with van der Waals surface area (Å²) in [6, 6.07) is 26.4. The van der Waals surface area contributed by atoms with Crippen LogP contribution in [-0.4, -0.2) is 36.4 Å². The van der Waals surface area contributed by atoms with Crippen molar-refractivity contribution >= 4 is 11.8 Å². The second-order valence-electron chi connectivity index (χ2n) is 7.64. The number of hydrogen-bond acceptors (Lipinski definition) is 3. The van der Waals surface area contributed by atoms with Crippen molar-refractivity contribution in [1.82, 2.24) is 10.2 Å². The Labute approximate surface area is 190 Å². The molecule has 3 aromatic rings. The van der Waals surface area contributed by atoms with Gasteiger partial charge in [0.1, 0.15) is 11.8 Å². The zero-order valence-corrected chi connectivity index (χ0v) is 18.7. The Morgan fingerprint density at radius 2 is 1.50 bits per heavy atom. The first-order valence-electron chi connectivity index (χ1n) is 10.9. The van der Waals surface area contributed by atoms with Crippen molar-refractivity contribution in [3.8, 4) is 5.75 Å². The van der Waals surface area contributed by atoms with Gasteiger partial charge in [-0.1, -0.05) is 72.8 Å². The van der Waals surface area contributed by atoms with E-state index < -0.39 is 6.04 Å². The lowest BCUT2D eigenvalue weighted by Crippen LogP contribution is -2.50. The van der Waals surface area contributed by atoms with Gasteiger partial charge < -0.3 is 15.0 Å². The van der Waals surface area contributed by atoms with E-state index in [-0.39, 0.29) is 18.2 Å². The zero-order valence-electron chi connectivity index (χ0n) is 18.7. The third-order valence-corrected chi connectivity index (χ3v) is 5.31. The van der Waals surface area contributed by atoms with Gasteiger partial charge in [0.15, 0.2) is 0 Å². The van der Waals surface area contributed by atoms with Crippen molar-refractivity contribution < 1.29 is 14.3 Å². The Kier molecular flexibility index (Phi) is 8.44. The summed E-state index contributed by atoms with van der Waals surface area (Å²) in [5.74, 6) is 0.474. The number of likely N-dealkylation sites (N-methyl/N-ethyl adjacent to an activating group) is 1. The highest BCUT2D eigenvalue weighted by Crippen LogP contribution is 2.19. The Hall–Kier alpha value is -3.60. The maximum atomic E-state index is 13.5. The SMILES string of the molecule is CCNC(=O)C(Cc1ccccc1)N(Cc1cccc(OC)c1)C(=O)Cc1ccccc1. The average molecular weight is 431 g/mol. The summed E-state index contributed by atoms with van der Waals surface area (Å²) in [5.41, 5.74) is 2.84. The van der Waals surface area contributed by atoms with Crippen molar-refractivity contribution in [3.63, 3.8) is 0 Å². The molecule has 0 aromatic heterocycles. The maximum Gasteiger partial charge on any atom is 0.243 e. The molecule has 0 aliphatic rings. The highest BCUT2D eigenvalue weighted by molar-refractivity contribution is 5.88. The van der Waals surface area contributed by atoms with Gasteiger partial charge >= 0.3 is 0 Å². The van der Waals surface area contributed by atoms with Crippen LogP contribution >= 0.6 is 0 Å². The standard InChI is InChI=1S/C27H30N2O3/c1-3-28-27(31)25(18-21-11-6-4-7-12-21)29(20-23-15-10-16-24(17-23)32-2)26(30)19-22-13-8-5-9-14-22/h4-17,25H,3,18-20H2,1-2H3,(H,28,31). The van der Waals surface area contributed by atoms with E-state index in [1.165, 1.54) is 0 Å². The van der Waals surface area contributed by atoms with Gasteiger partial charge in [0.25, 0.3) is 0 Å². The van der Waals surface area contributed by atoms with Crippen molar-refractivity contribution in [2.45, 2.75) is 32.4 Å². The fourth-order valence-corrected chi connectivity index (χ4v) is 3.69. The van der Waals surface area contributed by atoms with Gasteiger partial charge in [0.2, 0.25) is 11.8 Å². The first kappa shape index (κ1) is 23.1. The predicted octanol–water partition coefficient (Wildman–Crippen LogP) is 4.01. The van der Waals surface area contributed by atoms with E-state index in [0.29, 0.717) is 19.5 Å². The summed E-state index contributed by atoms with van der Waals surface area (Å²) >= 11 is 0. The Balaban J connectivity index is 1.95. The minimum Gasteiger partial charge on any atom is -0.497 e. The van der Waals surface area contributed by atoms with Crippen LogP contribution in [-0.2, 0) is 29.0 Å². The van der Waals surface area contributed by atoms with Crippen LogP contribution in [0.4, 0.5) is 0 Å². The lowest BCUT2D eigenvalue weighted by Gasteiger charge is -2.31. The van der Waals surface area contributed by atoms with E-state index in [1.807, 2.05) is 91.9 Å². The third kappa shape index (κ3) is 6.45. The minimum absolute atomic E-state index is 0.0915. The summed E-state index contributed by atoms with van der Waals surface area (Å²) in [5, 5.41) is 2.92. The molecule has 0 spiro atoms. The molecule has 0 aliphatic carbocycles. The second-order valence-corrected chi connectivity index (χ2v) is 7.64. The van der Waals surface area contributed by atoms with Gasteiger partial charge in [-0.3, -0.25) is 9.59 Å². The third-order valence-electron chi connectivity index (χ3n) is 5.31. The van der Waals surface area contributed by atoms with Crippen LogP contribution in [0.3, 0.4) is 0 Å². The molecule has 1 unspecified atom stereocenters. The van der Waals surface area contributed by atoms with Crippen LogP contribution in [0.2, 0.25) is 0 Å². The lowest BCUT2D eigenvalue weighted by molar-refractivity contribution is -0.140. The van der Waals surface area contributed by atoms with E-state index >= 15 is 0 Å². The van der Waals surface area contributed by atoms with E-state index in [2.05, 4.69) is 5.32 Å². The number of nitrogens with zero attached hydrogens (tertiary/aromatic N) is 1. The molecule has 0 heterocycles. The molecule has 2 amide bonds. The summed E-state index contributed by atoms with van der Waals surface area (Å²) in [6.45, 7) is 2.71. The molecule has 0 bridgehead atoms. The van der Waals surface area contributed by atoms with Gasteiger partial charge in [-0.25, -0.2) is 0 Å². The Bertz CT molecular complexity index is 1010. The number of hydrogen-bond donors (Lipinski definition) is 1. The molecule has 0 radical (unpaired) electrons. The minimum atomic E-state index is -0.625. The van der Waals surface area contributed by atoms with Crippen molar-refractivity contribution in [3.05, 3.63) is 102 Å². The number of ether oxygens (including phenoxy) is 1. The number of benzene rings is 3. The molecule has 166 valence electrons. The van der Waals surface area contributed by atoms with Gasteiger partial charge in [-0.05, 0) is 35.7 Å². The van der Waals surface area contributed by atoms with Crippen LogP contribution < -0.4 is 10.1 Å². The largest absolute Gasteiger partial charge is 0.497 e. The Morgan fingerprint density at radius 1 is 0.875 bits per heavy atom. The first-order valence-corrected chi connectivity index (χ1v) is 10.9. The number of methoxy groups -OCH3 is 1. The van der Waals surface area contributed by atoms with Gasteiger partial charge in [0.05, 0.1) is 13.5 Å². The molecular formula is C27H30N2O3. The normalized spacial score (nSPS) is 11.4. The molecule has 0 saturated carbocycles. The van der Waals surface area contributed by atoms with Crippen LogP contribution in [0.25, 0.3) is 0 Å². The average Bonchev–Trinajstić information content (AvgIpc) is 2.83. The van der Waals surface area contributed by atoms with Crippen molar-refractivity contribution in [1.29, 1.82) is 0 Å². The highest BCUT2D eigenvalue weighted by Gasteiger charge is 2.30. The van der Waals surface area contributed by atoms with Crippen molar-refractivity contribution in [2.75, 3.05) is 13.7 Å². The maximum absolute atomic E-state index is 13.5. The van der Waals surface area contributed by atoms with Gasteiger partial charge in [-0.2, -0.15) is 0 Å².